The number of hydrogen-bond donors (Lipinski definition) is 2. The zero-order valence-corrected chi connectivity index (χ0v) is 35.7. The molecule has 0 aliphatic rings. The molecule has 0 aliphatic heterocycles. The third-order valence-electron chi connectivity index (χ3n) is 10.4. The summed E-state index contributed by atoms with van der Waals surface area (Å²) in [5.74, 6) is -0.241. The van der Waals surface area contributed by atoms with Gasteiger partial charge in [0.2, 0.25) is 5.91 Å². The van der Waals surface area contributed by atoms with Crippen LogP contribution in [0.2, 0.25) is 0 Å². The van der Waals surface area contributed by atoms with Crippen molar-refractivity contribution < 1.29 is 14.3 Å². The third kappa shape index (κ3) is 11.1. The highest BCUT2D eigenvalue weighted by Gasteiger charge is 2.42. The van der Waals surface area contributed by atoms with Crippen LogP contribution in [-0.4, -0.2) is 54.1 Å². The van der Waals surface area contributed by atoms with E-state index in [1.165, 1.54) is 9.13 Å². The van der Waals surface area contributed by atoms with Crippen molar-refractivity contribution in [1.82, 2.24) is 29.3 Å². The summed E-state index contributed by atoms with van der Waals surface area (Å²) in [5.41, 5.74) is 2.74. The lowest BCUT2D eigenvalue weighted by Gasteiger charge is -2.39. The van der Waals surface area contributed by atoms with Gasteiger partial charge in [0.1, 0.15) is 11.6 Å². The average Bonchev–Trinajstić information content (AvgIpc) is 3.61. The zero-order chi connectivity index (χ0) is 41.7. The maximum atomic E-state index is 14.0. The number of nitrogens with one attached hydrogen (secondary N) is 2. The van der Waals surface area contributed by atoms with Crippen LogP contribution in [-0.2, 0) is 34.9 Å². The number of alkyl carbamates (subject to hydrolysis) is 1. The van der Waals surface area contributed by atoms with Gasteiger partial charge in [-0.15, -0.1) is 11.8 Å². The number of ether oxygens (including phenoxy) is 1. The fourth-order valence-electron chi connectivity index (χ4n) is 7.45. The zero-order valence-electron chi connectivity index (χ0n) is 34.9. The van der Waals surface area contributed by atoms with Crippen molar-refractivity contribution in [3.8, 4) is 0 Å². The number of thioether (sulfide) groups is 1. The Balaban J connectivity index is 1.13. The van der Waals surface area contributed by atoms with Crippen LogP contribution >= 0.6 is 11.8 Å². The maximum Gasteiger partial charge on any atom is 0.408 e. The molecule has 58 heavy (non-hydrogen) atoms. The minimum absolute atomic E-state index is 0.241. The topological polar surface area (TPSA) is 129 Å². The predicted molar refractivity (Wildman–Crippen MR) is 234 cm³/mol. The number of carbonyl (C=O) groups excluding carboxylic acids is 2. The number of rotatable bonds is 20. The lowest BCUT2D eigenvalue weighted by molar-refractivity contribution is -0.123. The third-order valence-corrected chi connectivity index (χ3v) is 12.1. The predicted octanol–water partition coefficient (Wildman–Crippen LogP) is 8.07. The molecule has 3 aromatic carbocycles. The summed E-state index contributed by atoms with van der Waals surface area (Å²) >= 11 is 1.64. The molecular formula is C46H60N6O5S. The standard InChI is InChI=1S/C46H60N6O5S/c1-34(58-46(35-25-17-14-18-26-35,36-27-19-15-20-28-36)37-29-21-16-22-30-37)38(49-43(55)57-45(2,3)4)41(53)47-31-23-12-10-8-7-9-11-13-24-32-52-42(54)39-40(48-33-50(39)5)51(6)44(52)56/h14-22,25-30,33-34,38H,7-13,23-24,31-32H2,1-6H3,(H,47,53)(H,49,55)/t34-,38?/m1/s1. The van der Waals surface area contributed by atoms with Crippen LogP contribution in [0.3, 0.4) is 0 Å². The molecule has 0 spiro atoms. The molecule has 0 bridgehead atoms. The van der Waals surface area contributed by atoms with Crippen LogP contribution in [0.15, 0.2) is 107 Å². The Morgan fingerprint density at radius 2 is 1.22 bits per heavy atom. The highest BCUT2D eigenvalue weighted by atomic mass is 32.2. The van der Waals surface area contributed by atoms with Gasteiger partial charge in [-0.1, -0.05) is 143 Å². The number of unbranched alkanes of at least 4 members (excludes halogenated alkanes) is 8. The highest BCUT2D eigenvalue weighted by molar-refractivity contribution is 8.01. The molecule has 2 N–H and O–H groups in total. The van der Waals surface area contributed by atoms with Crippen molar-refractivity contribution in [3.05, 3.63) is 135 Å². The van der Waals surface area contributed by atoms with Crippen LogP contribution in [0.5, 0.6) is 0 Å². The Labute approximate surface area is 346 Å². The first-order valence-electron chi connectivity index (χ1n) is 20.6. The summed E-state index contributed by atoms with van der Waals surface area (Å²) in [7, 11) is 3.41. The van der Waals surface area contributed by atoms with Crippen LogP contribution < -0.4 is 21.9 Å². The molecule has 2 aromatic heterocycles. The molecule has 12 heteroatoms. The highest BCUT2D eigenvalue weighted by Crippen LogP contribution is 2.50. The van der Waals surface area contributed by atoms with Crippen molar-refractivity contribution in [3.63, 3.8) is 0 Å². The molecule has 2 heterocycles. The number of fused-ring (bicyclic) bond motifs is 1. The second-order valence-electron chi connectivity index (χ2n) is 16.0. The molecule has 5 aromatic rings. The monoisotopic (exact) mass is 808 g/mol. The van der Waals surface area contributed by atoms with E-state index < -0.39 is 22.5 Å². The Bertz CT molecular complexity index is 2100. The first kappa shape index (κ1) is 44.0. The number of aryl methyl sites for hydroxylation is 2. The van der Waals surface area contributed by atoms with Crippen LogP contribution in [0.4, 0.5) is 4.79 Å². The number of aromatic nitrogens is 4. The second-order valence-corrected chi connectivity index (χ2v) is 17.6. The Kier molecular flexibility index (Phi) is 15.6. The van der Waals surface area contributed by atoms with E-state index in [-0.39, 0.29) is 22.4 Å². The van der Waals surface area contributed by atoms with Gasteiger partial charge in [0.15, 0.2) is 11.2 Å². The number of benzene rings is 3. The van der Waals surface area contributed by atoms with E-state index >= 15 is 0 Å². The second kappa shape index (κ2) is 20.5. The molecule has 0 fully saturated rings. The number of amides is 2. The van der Waals surface area contributed by atoms with Crippen LogP contribution in [0.25, 0.3) is 11.2 Å². The average molecular weight is 809 g/mol. The van der Waals surface area contributed by atoms with E-state index in [1.54, 1.807) is 36.8 Å². The van der Waals surface area contributed by atoms with Gasteiger partial charge in [-0.3, -0.25) is 18.7 Å². The van der Waals surface area contributed by atoms with Gasteiger partial charge < -0.3 is 19.9 Å². The summed E-state index contributed by atoms with van der Waals surface area (Å²) in [6.45, 7) is 8.34. The summed E-state index contributed by atoms with van der Waals surface area (Å²) in [6.07, 6.45) is 9.87. The molecule has 5 rings (SSSR count). The van der Waals surface area contributed by atoms with Crippen molar-refractivity contribution in [2.45, 2.75) is 114 Å². The summed E-state index contributed by atoms with van der Waals surface area (Å²) in [6, 6.07) is 30.1. The lowest BCUT2D eigenvalue weighted by atomic mass is 9.84. The van der Waals surface area contributed by atoms with Crippen molar-refractivity contribution >= 4 is 34.9 Å². The molecule has 0 saturated heterocycles. The molecule has 1 unspecified atom stereocenters. The quantitative estimate of drug-likeness (QED) is 0.0601. The first-order valence-corrected chi connectivity index (χ1v) is 21.4. The normalized spacial score (nSPS) is 12.9. The minimum Gasteiger partial charge on any atom is -0.444 e. The largest absolute Gasteiger partial charge is 0.444 e. The smallest absolute Gasteiger partial charge is 0.408 e. The van der Waals surface area contributed by atoms with E-state index in [1.807, 2.05) is 82.3 Å². The molecular weight excluding hydrogens is 749 g/mol. The molecule has 11 nitrogen and oxygen atoms in total. The van der Waals surface area contributed by atoms with Gasteiger partial charge in [-0.25, -0.2) is 14.6 Å². The summed E-state index contributed by atoms with van der Waals surface area (Å²) < 4.78 is 9.40. The van der Waals surface area contributed by atoms with Crippen LogP contribution in [0, 0.1) is 0 Å². The van der Waals surface area contributed by atoms with E-state index in [0.29, 0.717) is 24.3 Å². The maximum absolute atomic E-state index is 14.0. The Hall–Kier alpha value is -5.10. The minimum atomic E-state index is -0.866. The fraction of sp³-hybridized carbons (Fsp3) is 0.457. The number of carbonyl (C=O) groups is 2. The van der Waals surface area contributed by atoms with E-state index in [0.717, 1.165) is 74.5 Å². The van der Waals surface area contributed by atoms with Crippen molar-refractivity contribution in [1.29, 1.82) is 0 Å². The van der Waals surface area contributed by atoms with Gasteiger partial charge in [-0.2, -0.15) is 0 Å². The van der Waals surface area contributed by atoms with E-state index in [4.69, 9.17) is 4.74 Å². The van der Waals surface area contributed by atoms with Gasteiger partial charge in [-0.05, 0) is 50.3 Å². The van der Waals surface area contributed by atoms with Crippen molar-refractivity contribution in [2.75, 3.05) is 6.54 Å². The molecule has 0 saturated carbocycles. The number of nitrogens with zero attached hydrogens (tertiary/aromatic N) is 4. The number of hydrogen-bond acceptors (Lipinski definition) is 7. The van der Waals surface area contributed by atoms with Gasteiger partial charge in [0.05, 0.1) is 11.1 Å². The van der Waals surface area contributed by atoms with Gasteiger partial charge in [0.25, 0.3) is 5.56 Å². The number of imidazole rings is 1. The molecule has 0 aliphatic carbocycles. The van der Waals surface area contributed by atoms with Gasteiger partial charge >= 0.3 is 11.8 Å². The lowest BCUT2D eigenvalue weighted by Crippen LogP contribution is -2.53. The molecule has 2 amide bonds. The molecule has 310 valence electrons. The van der Waals surface area contributed by atoms with E-state index in [9.17, 15) is 19.2 Å². The molecule has 2 atom stereocenters. The van der Waals surface area contributed by atoms with Gasteiger partial charge in [0, 0.05) is 32.4 Å². The SMILES string of the molecule is C[C@@H](SC(c1ccccc1)(c1ccccc1)c1ccccc1)C(NC(=O)OC(C)(C)C)C(=O)NCCCCCCCCCCCn1c(=O)c2c(ncn2C)n(C)c1=O. The Morgan fingerprint density at radius 1 is 0.741 bits per heavy atom. The molecule has 0 radical (unpaired) electrons. The summed E-state index contributed by atoms with van der Waals surface area (Å²) in [4.78, 5) is 57.1. The first-order chi connectivity index (χ1) is 27.8. The Morgan fingerprint density at radius 3 is 1.72 bits per heavy atom. The van der Waals surface area contributed by atoms with E-state index in [2.05, 4.69) is 52.0 Å². The fourth-order valence-corrected chi connectivity index (χ4v) is 9.15. The summed E-state index contributed by atoms with van der Waals surface area (Å²) in [5, 5.41) is 5.69. The van der Waals surface area contributed by atoms with Crippen LogP contribution in [0.1, 0.15) is 102 Å². The van der Waals surface area contributed by atoms with Crippen molar-refractivity contribution in [2.24, 2.45) is 14.1 Å².